The van der Waals surface area contributed by atoms with E-state index in [1.54, 1.807) is 0 Å². The highest BCUT2D eigenvalue weighted by Gasteiger charge is 2.59. The minimum atomic E-state index is -2.02. The van der Waals surface area contributed by atoms with Crippen LogP contribution in [0.4, 0.5) is 8.78 Å². The third-order valence-electron chi connectivity index (χ3n) is 5.40. The van der Waals surface area contributed by atoms with Gasteiger partial charge in [-0.2, -0.15) is 15.8 Å². The fourth-order valence-electron chi connectivity index (χ4n) is 4.16. The van der Waals surface area contributed by atoms with Crippen molar-refractivity contribution >= 4 is 5.71 Å². The molecule has 0 bridgehead atoms. The number of hydrogen-bond acceptors (Lipinski definition) is 4. The second-order valence-corrected chi connectivity index (χ2v) is 6.80. The summed E-state index contributed by atoms with van der Waals surface area (Å²) in [4.78, 5) is 1.07. The zero-order chi connectivity index (χ0) is 19.1. The predicted octanol–water partition coefficient (Wildman–Crippen LogP) is 1.33. The van der Waals surface area contributed by atoms with E-state index in [1.165, 1.54) is 12.1 Å². The highest BCUT2D eigenvalue weighted by Crippen LogP contribution is 2.52. The minimum Gasteiger partial charge on any atom is -0.334 e. The maximum Gasteiger partial charge on any atom is 0.190 e. The third kappa shape index (κ3) is 2.31. The Morgan fingerprint density at radius 3 is 2.54 bits per heavy atom. The van der Waals surface area contributed by atoms with Crippen molar-refractivity contribution in [2.75, 3.05) is 20.1 Å². The molecule has 1 aliphatic heterocycles. The zero-order valence-electron chi connectivity index (χ0n) is 14.1. The molecule has 0 saturated heterocycles. The molecule has 5 nitrogen and oxygen atoms in total. The molecule has 0 spiro atoms. The molecule has 2 N–H and O–H groups in total. The molecule has 7 heteroatoms. The Morgan fingerprint density at radius 2 is 1.92 bits per heavy atom. The van der Waals surface area contributed by atoms with E-state index in [1.807, 2.05) is 31.3 Å². The molecule has 4 atom stereocenters. The van der Waals surface area contributed by atoms with Crippen molar-refractivity contribution in [3.63, 3.8) is 0 Å². The van der Waals surface area contributed by atoms with E-state index in [0.717, 1.165) is 11.0 Å². The fraction of sp³-hybridized carbons (Fsp3) is 0.368. The Bertz CT molecular complexity index is 917. The lowest BCUT2D eigenvalue weighted by Gasteiger charge is -2.45. The van der Waals surface area contributed by atoms with E-state index >= 15 is 0 Å². The van der Waals surface area contributed by atoms with Gasteiger partial charge in [-0.3, -0.25) is 0 Å². The van der Waals surface area contributed by atoms with Crippen molar-refractivity contribution in [2.24, 2.45) is 17.3 Å². The minimum absolute atomic E-state index is 0.0974. The highest BCUT2D eigenvalue weighted by molar-refractivity contribution is 6.00. The first-order valence-electron chi connectivity index (χ1n) is 8.17. The van der Waals surface area contributed by atoms with Gasteiger partial charge in [0.15, 0.2) is 17.0 Å². The number of rotatable bonds is 1. The third-order valence-corrected chi connectivity index (χ3v) is 5.40. The molecule has 130 valence electrons. The number of halogens is 2. The molecule has 0 radical (unpaired) electrons. The smallest absolute Gasteiger partial charge is 0.190 e. The van der Waals surface area contributed by atoms with Gasteiger partial charge in [-0.15, -0.1) is 0 Å². The van der Waals surface area contributed by atoms with Crippen LogP contribution in [0.15, 0.2) is 29.8 Å². The van der Waals surface area contributed by atoms with Crippen molar-refractivity contribution in [3.8, 4) is 18.2 Å². The van der Waals surface area contributed by atoms with Gasteiger partial charge in [-0.1, -0.05) is 12.1 Å². The molecule has 26 heavy (non-hydrogen) atoms. The van der Waals surface area contributed by atoms with E-state index in [2.05, 4.69) is 0 Å². The van der Waals surface area contributed by atoms with Crippen LogP contribution in [0.3, 0.4) is 0 Å². The topological polar surface area (TPSA) is 99.7 Å². The molecule has 1 aliphatic carbocycles. The van der Waals surface area contributed by atoms with Crippen LogP contribution in [0, 0.1) is 68.3 Å². The summed E-state index contributed by atoms with van der Waals surface area (Å²) in [6.07, 6.45) is 1.83. The van der Waals surface area contributed by atoms with E-state index in [0.29, 0.717) is 18.7 Å². The Hall–Kier alpha value is -3.08. The van der Waals surface area contributed by atoms with Crippen LogP contribution in [0.2, 0.25) is 0 Å². The fourth-order valence-corrected chi connectivity index (χ4v) is 4.16. The lowest BCUT2D eigenvalue weighted by Crippen LogP contribution is -3.10. The molecule has 2 aliphatic rings. The summed E-state index contributed by atoms with van der Waals surface area (Å²) in [6, 6.07) is 9.40. The van der Waals surface area contributed by atoms with E-state index in [-0.39, 0.29) is 11.3 Å². The largest absolute Gasteiger partial charge is 0.334 e. The van der Waals surface area contributed by atoms with E-state index < -0.39 is 34.8 Å². The molecular formula is C19H16F2N5+. The second-order valence-electron chi connectivity index (χ2n) is 6.80. The molecule has 1 fully saturated rings. The molecule has 1 saturated carbocycles. The quantitative estimate of drug-likeness (QED) is 0.746. The van der Waals surface area contributed by atoms with Gasteiger partial charge in [0.05, 0.1) is 44.1 Å². The lowest BCUT2D eigenvalue weighted by atomic mass is 9.54. The highest BCUT2D eigenvalue weighted by atomic mass is 19.2. The normalized spacial score (nSPS) is 29.5. The number of quaternary nitrogens is 1. The number of nitrogens with zero attached hydrogens (tertiary/aromatic N) is 3. The van der Waals surface area contributed by atoms with Crippen LogP contribution in [0.5, 0.6) is 0 Å². The van der Waals surface area contributed by atoms with Gasteiger partial charge in [0.2, 0.25) is 0 Å². The van der Waals surface area contributed by atoms with Gasteiger partial charge in [0, 0.05) is 11.8 Å². The van der Waals surface area contributed by atoms with Gasteiger partial charge < -0.3 is 10.3 Å². The average molecular weight is 352 g/mol. The SMILES string of the molecule is C[NH+]1CC=C2C(C#N)C(=N)C(C#N)(C#N)[C@H](c3cccc(F)c3F)[C@@H]2C1. The van der Waals surface area contributed by atoms with Gasteiger partial charge in [-0.05, 0) is 23.3 Å². The second kappa shape index (κ2) is 6.33. The molecular weight excluding hydrogens is 336 g/mol. The monoisotopic (exact) mass is 352 g/mol. The zero-order valence-corrected chi connectivity index (χ0v) is 14.1. The average Bonchev–Trinajstić information content (AvgIpc) is 2.64. The first-order valence-corrected chi connectivity index (χ1v) is 8.17. The standard InChI is InChI=1S/C19H15F2N5/c1-26-6-5-11-13(7-22)18(25)19(9-23,10-24)16(14(11)8-26)12-3-2-4-15(20)17(12)21/h2-5,13-14,16,25H,6,8H2,1H3/p+1/t13?,14-,16-/m1/s1. The van der Waals surface area contributed by atoms with Crippen molar-refractivity contribution < 1.29 is 13.7 Å². The van der Waals surface area contributed by atoms with Gasteiger partial charge in [0.1, 0.15) is 5.92 Å². The number of likely N-dealkylation sites (N-methyl/N-ethyl adjacent to an activating group) is 1. The Labute approximate surface area is 149 Å². The van der Waals surface area contributed by atoms with Gasteiger partial charge in [0.25, 0.3) is 0 Å². The van der Waals surface area contributed by atoms with Crippen LogP contribution in [-0.4, -0.2) is 25.8 Å². The van der Waals surface area contributed by atoms with Crippen molar-refractivity contribution in [1.82, 2.24) is 0 Å². The molecule has 3 rings (SSSR count). The summed E-state index contributed by atoms with van der Waals surface area (Å²) in [5.74, 6) is -4.73. The number of fused-ring (bicyclic) bond motifs is 1. The molecule has 0 amide bonds. The summed E-state index contributed by atoms with van der Waals surface area (Å²) in [6.45, 7) is 1.09. The molecule has 1 aromatic carbocycles. The van der Waals surface area contributed by atoms with Crippen LogP contribution >= 0.6 is 0 Å². The van der Waals surface area contributed by atoms with Crippen LogP contribution in [0.1, 0.15) is 11.5 Å². The van der Waals surface area contributed by atoms with Crippen molar-refractivity contribution in [2.45, 2.75) is 5.92 Å². The first kappa shape index (κ1) is 17.7. The number of nitrogens with one attached hydrogen (secondary N) is 2. The predicted molar refractivity (Wildman–Crippen MR) is 87.8 cm³/mol. The lowest BCUT2D eigenvalue weighted by molar-refractivity contribution is -0.878. The Balaban J connectivity index is 2.32. The number of benzene rings is 1. The number of hydrogen-bond donors (Lipinski definition) is 2. The summed E-state index contributed by atoms with van der Waals surface area (Å²) in [5, 5.41) is 37.6. The molecule has 0 aromatic heterocycles. The molecule has 1 heterocycles. The maximum absolute atomic E-state index is 14.6. The molecule has 1 aromatic rings. The first-order chi connectivity index (χ1) is 12.4. The van der Waals surface area contributed by atoms with Crippen LogP contribution < -0.4 is 4.90 Å². The molecule has 2 unspecified atom stereocenters. The summed E-state index contributed by atoms with van der Waals surface area (Å²) < 4.78 is 28.5. The van der Waals surface area contributed by atoms with Gasteiger partial charge in [-0.25, -0.2) is 8.78 Å². The number of nitriles is 3. The van der Waals surface area contributed by atoms with E-state index in [9.17, 15) is 24.6 Å². The van der Waals surface area contributed by atoms with Crippen molar-refractivity contribution in [3.05, 3.63) is 47.0 Å². The van der Waals surface area contributed by atoms with Gasteiger partial charge >= 0.3 is 0 Å². The maximum atomic E-state index is 14.6. The summed E-state index contributed by atoms with van der Waals surface area (Å²) in [5.41, 5.74) is -1.85. The summed E-state index contributed by atoms with van der Waals surface area (Å²) >= 11 is 0. The Morgan fingerprint density at radius 1 is 1.23 bits per heavy atom. The van der Waals surface area contributed by atoms with E-state index in [4.69, 9.17) is 5.41 Å². The van der Waals surface area contributed by atoms with Crippen LogP contribution in [-0.2, 0) is 0 Å². The van der Waals surface area contributed by atoms with Crippen molar-refractivity contribution in [1.29, 1.82) is 21.2 Å². The van der Waals surface area contributed by atoms with Crippen LogP contribution in [0.25, 0.3) is 0 Å². The Kier molecular flexibility index (Phi) is 4.32. The summed E-state index contributed by atoms with van der Waals surface area (Å²) in [7, 11) is 1.91.